The Morgan fingerprint density at radius 2 is 1.56 bits per heavy atom. The van der Waals surface area contributed by atoms with Crippen LogP contribution in [0.2, 0.25) is 5.02 Å². The number of hydrogen-bond acceptors (Lipinski definition) is 6. The number of carbonyl (C=O) groups is 1. The molecule has 0 fully saturated rings. The van der Waals surface area contributed by atoms with Gasteiger partial charge in [0.25, 0.3) is 10.0 Å². The highest BCUT2D eigenvalue weighted by molar-refractivity contribution is 7.92. The second-order valence-corrected chi connectivity index (χ2v) is 9.74. The van der Waals surface area contributed by atoms with E-state index in [2.05, 4.69) is 5.32 Å². The van der Waals surface area contributed by atoms with E-state index >= 15 is 0 Å². The van der Waals surface area contributed by atoms with E-state index in [1.54, 1.807) is 12.1 Å². The van der Waals surface area contributed by atoms with Gasteiger partial charge >= 0.3 is 0 Å². The molecule has 0 saturated heterocycles. The first-order valence-electron chi connectivity index (χ1n) is 9.92. The highest BCUT2D eigenvalue weighted by Crippen LogP contribution is 2.36. The Hall–Kier alpha value is -2.65. The number of methoxy groups -OCH3 is 3. The average Bonchev–Trinajstić information content (AvgIpc) is 2.76. The summed E-state index contributed by atoms with van der Waals surface area (Å²) in [6.07, 6.45) is 0. The molecule has 1 unspecified atom stereocenters. The zero-order valence-corrected chi connectivity index (χ0v) is 20.6. The van der Waals surface area contributed by atoms with Gasteiger partial charge in [-0.05, 0) is 43.2 Å². The van der Waals surface area contributed by atoms with E-state index in [4.69, 9.17) is 25.8 Å². The quantitative estimate of drug-likeness (QED) is 0.552. The van der Waals surface area contributed by atoms with Gasteiger partial charge < -0.3 is 19.5 Å². The second kappa shape index (κ2) is 10.8. The number of anilines is 1. The SMILES string of the molecule is COc1ccc(S(=O)(=O)N(CC(=O)NC(C)C(C)C)c2cc(Cl)ccc2OC)cc1OC. The lowest BCUT2D eigenvalue weighted by molar-refractivity contribution is -0.120. The maximum Gasteiger partial charge on any atom is 0.265 e. The first-order chi connectivity index (χ1) is 15.0. The van der Waals surface area contributed by atoms with Gasteiger partial charge in [-0.2, -0.15) is 0 Å². The zero-order chi connectivity index (χ0) is 24.1. The van der Waals surface area contributed by atoms with Crippen LogP contribution in [0.4, 0.5) is 5.69 Å². The number of halogens is 1. The van der Waals surface area contributed by atoms with E-state index in [1.165, 1.54) is 45.6 Å². The van der Waals surface area contributed by atoms with Crippen LogP contribution >= 0.6 is 11.6 Å². The van der Waals surface area contributed by atoms with Crippen LogP contribution in [0.15, 0.2) is 41.3 Å². The van der Waals surface area contributed by atoms with Gasteiger partial charge in [0.2, 0.25) is 5.91 Å². The van der Waals surface area contributed by atoms with E-state index in [0.717, 1.165) is 4.31 Å². The summed E-state index contributed by atoms with van der Waals surface area (Å²) in [7, 11) is 0.0610. The van der Waals surface area contributed by atoms with Crippen molar-refractivity contribution in [3.63, 3.8) is 0 Å². The minimum atomic E-state index is -4.21. The molecule has 0 aliphatic heterocycles. The van der Waals surface area contributed by atoms with E-state index in [9.17, 15) is 13.2 Å². The summed E-state index contributed by atoms with van der Waals surface area (Å²) >= 11 is 6.15. The van der Waals surface area contributed by atoms with Gasteiger partial charge in [-0.15, -0.1) is 0 Å². The number of nitrogens with zero attached hydrogens (tertiary/aromatic N) is 1. The van der Waals surface area contributed by atoms with Crippen molar-refractivity contribution in [3.8, 4) is 17.2 Å². The number of ether oxygens (including phenoxy) is 3. The van der Waals surface area contributed by atoms with Gasteiger partial charge in [0.1, 0.15) is 12.3 Å². The molecular formula is C22H29ClN2O6S. The summed E-state index contributed by atoms with van der Waals surface area (Å²) in [5.74, 6) is 0.585. The molecule has 8 nitrogen and oxygen atoms in total. The van der Waals surface area contributed by atoms with Gasteiger partial charge in [-0.1, -0.05) is 25.4 Å². The maximum absolute atomic E-state index is 13.7. The standard InChI is InChI=1S/C22H29ClN2O6S/c1-14(2)15(3)24-22(26)13-25(18-11-16(23)7-9-19(18)29-4)32(27,28)17-8-10-20(30-5)21(12-17)31-6/h7-12,14-15H,13H2,1-6H3,(H,24,26). The number of hydrogen-bond donors (Lipinski definition) is 1. The summed E-state index contributed by atoms with van der Waals surface area (Å²) in [5, 5.41) is 3.13. The van der Waals surface area contributed by atoms with Crippen molar-refractivity contribution in [3.05, 3.63) is 41.4 Å². The van der Waals surface area contributed by atoms with Crippen molar-refractivity contribution in [2.45, 2.75) is 31.7 Å². The van der Waals surface area contributed by atoms with E-state index in [0.29, 0.717) is 10.8 Å². The van der Waals surface area contributed by atoms with Gasteiger partial charge in [0.15, 0.2) is 11.5 Å². The molecule has 0 bridgehead atoms. The fraction of sp³-hybridized carbons (Fsp3) is 0.409. The molecule has 2 aromatic carbocycles. The highest BCUT2D eigenvalue weighted by Gasteiger charge is 2.31. The minimum Gasteiger partial charge on any atom is -0.495 e. The molecule has 2 rings (SSSR count). The number of amides is 1. The molecule has 0 heterocycles. The van der Waals surface area contributed by atoms with Crippen LogP contribution in [-0.4, -0.2) is 48.2 Å². The van der Waals surface area contributed by atoms with Crippen molar-refractivity contribution in [1.29, 1.82) is 0 Å². The molecule has 176 valence electrons. The lowest BCUT2D eigenvalue weighted by Gasteiger charge is -2.27. The van der Waals surface area contributed by atoms with Crippen LogP contribution in [0.5, 0.6) is 17.2 Å². The smallest absolute Gasteiger partial charge is 0.265 e. The first-order valence-corrected chi connectivity index (χ1v) is 11.7. The molecule has 0 radical (unpaired) electrons. The lowest BCUT2D eigenvalue weighted by Crippen LogP contribution is -2.45. The molecule has 2 aromatic rings. The highest BCUT2D eigenvalue weighted by atomic mass is 35.5. The Kier molecular flexibility index (Phi) is 8.63. The van der Waals surface area contributed by atoms with Gasteiger partial charge in [0.05, 0.1) is 31.9 Å². The molecule has 0 aliphatic carbocycles. The largest absolute Gasteiger partial charge is 0.495 e. The van der Waals surface area contributed by atoms with Crippen molar-refractivity contribution in [2.24, 2.45) is 5.92 Å². The Morgan fingerprint density at radius 3 is 2.12 bits per heavy atom. The van der Waals surface area contributed by atoms with E-state index < -0.39 is 22.5 Å². The third-order valence-electron chi connectivity index (χ3n) is 5.03. The van der Waals surface area contributed by atoms with Crippen molar-refractivity contribution in [2.75, 3.05) is 32.2 Å². The summed E-state index contributed by atoms with van der Waals surface area (Å²) in [6, 6.07) is 8.63. The van der Waals surface area contributed by atoms with Crippen molar-refractivity contribution < 1.29 is 27.4 Å². The normalized spacial score (nSPS) is 12.2. The average molecular weight is 485 g/mol. The minimum absolute atomic E-state index is 0.0816. The predicted octanol–water partition coefficient (Wildman–Crippen LogP) is 3.72. The topological polar surface area (TPSA) is 94.2 Å². The molecule has 0 aliphatic rings. The summed E-state index contributed by atoms with van der Waals surface area (Å²) in [5.41, 5.74) is 0.141. The third-order valence-corrected chi connectivity index (χ3v) is 7.02. The fourth-order valence-corrected chi connectivity index (χ4v) is 4.46. The fourth-order valence-electron chi connectivity index (χ4n) is 2.86. The maximum atomic E-state index is 13.7. The van der Waals surface area contributed by atoms with Crippen molar-refractivity contribution >= 4 is 33.2 Å². The van der Waals surface area contributed by atoms with Crippen LogP contribution in [0.1, 0.15) is 20.8 Å². The summed E-state index contributed by atoms with van der Waals surface area (Å²) in [4.78, 5) is 12.7. The molecule has 0 aromatic heterocycles. The first kappa shape index (κ1) is 25.6. The zero-order valence-electron chi connectivity index (χ0n) is 19.0. The number of benzene rings is 2. The third kappa shape index (κ3) is 5.77. The van der Waals surface area contributed by atoms with Gasteiger partial charge in [-0.25, -0.2) is 8.42 Å². The van der Waals surface area contributed by atoms with Crippen LogP contribution < -0.4 is 23.8 Å². The summed E-state index contributed by atoms with van der Waals surface area (Å²) in [6.45, 7) is 5.31. The molecule has 1 atom stereocenters. The molecule has 32 heavy (non-hydrogen) atoms. The monoisotopic (exact) mass is 484 g/mol. The Morgan fingerprint density at radius 1 is 0.969 bits per heavy atom. The molecule has 1 amide bonds. The Balaban J connectivity index is 2.60. The van der Waals surface area contributed by atoms with E-state index in [1.807, 2.05) is 20.8 Å². The van der Waals surface area contributed by atoms with Crippen LogP contribution in [0.25, 0.3) is 0 Å². The lowest BCUT2D eigenvalue weighted by atomic mass is 10.1. The summed E-state index contributed by atoms with van der Waals surface area (Å²) < 4.78 is 44.1. The number of carbonyl (C=O) groups excluding carboxylic acids is 1. The molecule has 0 saturated carbocycles. The van der Waals surface area contributed by atoms with Crippen LogP contribution in [-0.2, 0) is 14.8 Å². The molecular weight excluding hydrogens is 456 g/mol. The number of rotatable bonds is 10. The number of sulfonamides is 1. The van der Waals surface area contributed by atoms with Gasteiger partial charge in [-0.3, -0.25) is 9.10 Å². The van der Waals surface area contributed by atoms with E-state index in [-0.39, 0.29) is 34.0 Å². The van der Waals surface area contributed by atoms with Crippen LogP contribution in [0.3, 0.4) is 0 Å². The Labute approximate surface area is 194 Å². The predicted molar refractivity (Wildman–Crippen MR) is 125 cm³/mol. The van der Waals surface area contributed by atoms with Crippen molar-refractivity contribution in [1.82, 2.24) is 5.32 Å². The molecule has 10 heteroatoms. The molecule has 0 spiro atoms. The molecule has 1 N–H and O–H groups in total. The number of nitrogens with one attached hydrogen (secondary N) is 1. The Bertz CT molecular complexity index is 1060. The van der Waals surface area contributed by atoms with Crippen LogP contribution in [0, 0.1) is 5.92 Å². The van der Waals surface area contributed by atoms with Gasteiger partial charge in [0, 0.05) is 17.1 Å². The second-order valence-electron chi connectivity index (χ2n) is 7.44.